The van der Waals surface area contributed by atoms with Gasteiger partial charge in [-0.05, 0) is 73.5 Å². The van der Waals surface area contributed by atoms with E-state index < -0.39 is 0 Å². The molecule has 1 amide bonds. The van der Waals surface area contributed by atoms with Crippen molar-refractivity contribution in [1.82, 2.24) is 15.0 Å². The molecule has 0 aliphatic rings. The summed E-state index contributed by atoms with van der Waals surface area (Å²) < 4.78 is 13.1. The molecule has 0 radical (unpaired) electrons. The average Bonchev–Trinajstić information content (AvgIpc) is 3.05. The van der Waals surface area contributed by atoms with Crippen LogP contribution in [0, 0.1) is 19.7 Å². The van der Waals surface area contributed by atoms with Gasteiger partial charge >= 0.3 is 0 Å². The summed E-state index contributed by atoms with van der Waals surface area (Å²) in [6.45, 7) is 3.79. The van der Waals surface area contributed by atoms with Gasteiger partial charge in [0.2, 0.25) is 0 Å². The van der Waals surface area contributed by atoms with Crippen molar-refractivity contribution >= 4 is 34.2 Å². The third-order valence-corrected chi connectivity index (χ3v) is 4.71. The lowest BCUT2D eigenvalue weighted by Gasteiger charge is -2.09. The number of carbonyl (C=O) groups is 1. The van der Waals surface area contributed by atoms with Crippen molar-refractivity contribution < 1.29 is 9.18 Å². The number of amides is 1. The number of anilines is 1. The number of nitrogens with one attached hydrogen (secondary N) is 1. The molecule has 0 spiro atoms. The van der Waals surface area contributed by atoms with E-state index in [4.69, 9.17) is 11.6 Å². The molecule has 140 valence electrons. The van der Waals surface area contributed by atoms with Gasteiger partial charge in [0.05, 0.1) is 16.3 Å². The van der Waals surface area contributed by atoms with E-state index in [1.807, 2.05) is 26.0 Å². The van der Waals surface area contributed by atoms with Crippen LogP contribution < -0.4 is 5.32 Å². The van der Waals surface area contributed by atoms with Crippen LogP contribution >= 0.6 is 11.6 Å². The first-order chi connectivity index (χ1) is 13.4. The number of rotatable bonds is 3. The molecule has 0 fully saturated rings. The lowest BCUT2D eigenvalue weighted by Crippen LogP contribution is -2.13. The van der Waals surface area contributed by atoms with Gasteiger partial charge in [-0.1, -0.05) is 17.7 Å². The van der Waals surface area contributed by atoms with E-state index in [2.05, 4.69) is 15.5 Å². The molecular weight excluding hydrogens is 379 g/mol. The zero-order chi connectivity index (χ0) is 19.8. The van der Waals surface area contributed by atoms with E-state index in [1.54, 1.807) is 30.3 Å². The minimum atomic E-state index is -0.323. The maximum atomic E-state index is 13.1. The summed E-state index contributed by atoms with van der Waals surface area (Å²) in [4.78, 5) is 14.1. The van der Waals surface area contributed by atoms with Crippen LogP contribution in [-0.2, 0) is 0 Å². The summed E-state index contributed by atoms with van der Waals surface area (Å²) >= 11 is 6.19. The maximum absolute atomic E-state index is 13.1. The molecule has 0 unspecified atom stereocenters. The fraction of sp³-hybridized carbons (Fsp3) is 0.0952. The molecule has 0 bridgehead atoms. The minimum Gasteiger partial charge on any atom is -0.322 e. The largest absolute Gasteiger partial charge is 0.322 e. The number of nitrogens with zero attached hydrogens (tertiary/aromatic N) is 3. The molecule has 28 heavy (non-hydrogen) atoms. The van der Waals surface area contributed by atoms with E-state index >= 15 is 0 Å². The Bertz CT molecular complexity index is 1200. The van der Waals surface area contributed by atoms with Crippen LogP contribution in [0.3, 0.4) is 0 Å². The van der Waals surface area contributed by atoms with Gasteiger partial charge < -0.3 is 5.32 Å². The zero-order valence-electron chi connectivity index (χ0n) is 15.2. The zero-order valence-corrected chi connectivity index (χ0v) is 16.0. The Hall–Kier alpha value is -3.25. The van der Waals surface area contributed by atoms with Gasteiger partial charge in [0.15, 0.2) is 0 Å². The van der Waals surface area contributed by atoms with Crippen molar-refractivity contribution in [2.75, 3.05) is 5.32 Å². The van der Waals surface area contributed by atoms with Gasteiger partial charge in [0.25, 0.3) is 5.91 Å². The van der Waals surface area contributed by atoms with Crippen LogP contribution in [0.25, 0.3) is 16.7 Å². The fourth-order valence-electron chi connectivity index (χ4n) is 2.89. The number of aryl methyl sites for hydroxylation is 2. The summed E-state index contributed by atoms with van der Waals surface area (Å²) in [7, 11) is 0. The van der Waals surface area contributed by atoms with E-state index in [-0.39, 0.29) is 11.7 Å². The standard InChI is InChI=1S/C21H16ClFN4O/c1-12-3-8-16(17(22)9-12)21(28)24-18-11-20-19(10-13(18)2)25-27(26-20)15-6-4-14(23)5-7-15/h3-11H,1-2H3,(H,24,28). The summed E-state index contributed by atoms with van der Waals surface area (Å²) in [6, 6.07) is 14.8. The highest BCUT2D eigenvalue weighted by atomic mass is 35.5. The van der Waals surface area contributed by atoms with Gasteiger partial charge in [-0.15, -0.1) is 10.2 Å². The topological polar surface area (TPSA) is 59.8 Å². The van der Waals surface area contributed by atoms with Gasteiger partial charge in [0.1, 0.15) is 16.9 Å². The number of hydrogen-bond acceptors (Lipinski definition) is 3. The molecular formula is C21H16ClFN4O. The molecule has 4 rings (SSSR count). The van der Waals surface area contributed by atoms with Crippen LogP contribution in [0.2, 0.25) is 5.02 Å². The van der Waals surface area contributed by atoms with E-state index in [0.717, 1.165) is 11.1 Å². The second kappa shape index (κ2) is 7.05. The Morgan fingerprint density at radius 2 is 1.68 bits per heavy atom. The quantitative estimate of drug-likeness (QED) is 0.527. The van der Waals surface area contributed by atoms with Gasteiger partial charge in [-0.25, -0.2) is 4.39 Å². The summed E-state index contributed by atoms with van der Waals surface area (Å²) in [5.74, 6) is -0.616. The summed E-state index contributed by atoms with van der Waals surface area (Å²) in [6.07, 6.45) is 0. The van der Waals surface area contributed by atoms with Crippen LogP contribution in [0.15, 0.2) is 54.6 Å². The molecule has 0 atom stereocenters. The van der Waals surface area contributed by atoms with E-state index in [9.17, 15) is 9.18 Å². The maximum Gasteiger partial charge on any atom is 0.257 e. The normalized spacial score (nSPS) is 11.0. The lowest BCUT2D eigenvalue weighted by atomic mass is 10.1. The summed E-state index contributed by atoms with van der Waals surface area (Å²) in [5.41, 5.74) is 4.79. The Kier molecular flexibility index (Phi) is 4.57. The number of hydrogen-bond donors (Lipinski definition) is 1. The monoisotopic (exact) mass is 394 g/mol. The van der Waals surface area contributed by atoms with Crippen LogP contribution in [0.5, 0.6) is 0 Å². The third-order valence-electron chi connectivity index (χ3n) is 4.40. The number of fused-ring (bicyclic) bond motifs is 1. The second-order valence-corrected chi connectivity index (χ2v) is 6.97. The molecule has 0 aliphatic heterocycles. The second-order valence-electron chi connectivity index (χ2n) is 6.56. The van der Waals surface area contributed by atoms with Crippen molar-refractivity contribution in [2.24, 2.45) is 0 Å². The molecule has 0 saturated heterocycles. The SMILES string of the molecule is Cc1ccc(C(=O)Nc2cc3nn(-c4ccc(F)cc4)nc3cc2C)c(Cl)c1. The average molecular weight is 395 g/mol. The highest BCUT2D eigenvalue weighted by Gasteiger charge is 2.14. The Balaban J connectivity index is 1.67. The molecule has 1 N–H and O–H groups in total. The molecule has 5 nitrogen and oxygen atoms in total. The predicted molar refractivity (Wildman–Crippen MR) is 108 cm³/mol. The van der Waals surface area contributed by atoms with Crippen molar-refractivity contribution in [3.8, 4) is 5.69 Å². The Morgan fingerprint density at radius 1 is 1.00 bits per heavy atom. The van der Waals surface area contributed by atoms with Gasteiger partial charge in [-0.2, -0.15) is 4.80 Å². The molecule has 7 heteroatoms. The summed E-state index contributed by atoms with van der Waals surface area (Å²) in [5, 5.41) is 12.1. The first-order valence-electron chi connectivity index (χ1n) is 8.62. The van der Waals surface area contributed by atoms with Crippen molar-refractivity contribution in [2.45, 2.75) is 13.8 Å². The molecule has 4 aromatic rings. The van der Waals surface area contributed by atoms with Crippen LogP contribution in [-0.4, -0.2) is 20.9 Å². The molecule has 1 heterocycles. The van der Waals surface area contributed by atoms with E-state index in [1.165, 1.54) is 16.9 Å². The third kappa shape index (κ3) is 3.46. The molecule has 3 aromatic carbocycles. The van der Waals surface area contributed by atoms with Crippen LogP contribution in [0.4, 0.5) is 10.1 Å². The van der Waals surface area contributed by atoms with E-state index in [0.29, 0.717) is 33.0 Å². The first kappa shape index (κ1) is 18.1. The Morgan fingerprint density at radius 3 is 2.36 bits per heavy atom. The van der Waals surface area contributed by atoms with Gasteiger partial charge in [0, 0.05) is 5.69 Å². The van der Waals surface area contributed by atoms with Crippen molar-refractivity contribution in [3.05, 3.63) is 82.1 Å². The molecule has 0 saturated carbocycles. The molecule has 1 aromatic heterocycles. The van der Waals surface area contributed by atoms with Crippen LogP contribution in [0.1, 0.15) is 21.5 Å². The van der Waals surface area contributed by atoms with Crippen molar-refractivity contribution in [1.29, 1.82) is 0 Å². The number of carbonyl (C=O) groups excluding carboxylic acids is 1. The highest BCUT2D eigenvalue weighted by Crippen LogP contribution is 2.24. The minimum absolute atomic E-state index is 0.293. The Labute approximate surface area is 165 Å². The highest BCUT2D eigenvalue weighted by molar-refractivity contribution is 6.34. The smallest absolute Gasteiger partial charge is 0.257 e. The molecule has 0 aliphatic carbocycles. The first-order valence-corrected chi connectivity index (χ1v) is 8.99. The number of halogens is 2. The number of benzene rings is 3. The van der Waals surface area contributed by atoms with Crippen molar-refractivity contribution in [3.63, 3.8) is 0 Å². The van der Waals surface area contributed by atoms with Gasteiger partial charge in [-0.3, -0.25) is 4.79 Å². The number of aromatic nitrogens is 3. The fourth-order valence-corrected chi connectivity index (χ4v) is 3.21. The lowest BCUT2D eigenvalue weighted by molar-refractivity contribution is 0.102. The predicted octanol–water partition coefficient (Wildman–Crippen LogP) is 5.08.